The lowest BCUT2D eigenvalue weighted by Crippen LogP contribution is -2.54. The number of nitrogens with zero attached hydrogens (tertiary/aromatic N) is 1. The summed E-state index contributed by atoms with van der Waals surface area (Å²) in [4.78, 5) is 2.55. The predicted molar refractivity (Wildman–Crippen MR) is 90.0 cm³/mol. The van der Waals surface area contributed by atoms with Gasteiger partial charge in [0.25, 0.3) is 0 Å². The van der Waals surface area contributed by atoms with Crippen LogP contribution in [-0.4, -0.2) is 25.2 Å². The van der Waals surface area contributed by atoms with Crippen LogP contribution in [0.1, 0.15) is 25.0 Å². The van der Waals surface area contributed by atoms with E-state index in [2.05, 4.69) is 78.7 Å². The van der Waals surface area contributed by atoms with Gasteiger partial charge >= 0.3 is 0 Å². The Morgan fingerprint density at radius 3 is 2.52 bits per heavy atom. The molecule has 0 bridgehead atoms. The zero-order valence-electron chi connectivity index (χ0n) is 12.9. The molecule has 1 N–H and O–H groups in total. The highest BCUT2D eigenvalue weighted by Crippen LogP contribution is 2.26. The number of hydrogen-bond donors (Lipinski definition) is 1. The molecule has 2 atom stereocenters. The summed E-state index contributed by atoms with van der Waals surface area (Å²) in [5, 5.41) is 3.56. The summed E-state index contributed by atoms with van der Waals surface area (Å²) < 4.78 is 0. The van der Waals surface area contributed by atoms with Crippen LogP contribution >= 0.6 is 0 Å². The molecule has 1 saturated heterocycles. The first-order valence-electron chi connectivity index (χ1n) is 7.86. The Bertz CT molecular complexity index is 579. The van der Waals surface area contributed by atoms with Crippen molar-refractivity contribution in [3.05, 3.63) is 65.7 Å². The topological polar surface area (TPSA) is 15.3 Å². The van der Waals surface area contributed by atoms with Crippen molar-refractivity contribution in [3.8, 4) is 0 Å². The van der Waals surface area contributed by atoms with Crippen LogP contribution in [0.5, 0.6) is 0 Å². The van der Waals surface area contributed by atoms with Crippen molar-refractivity contribution in [3.63, 3.8) is 0 Å². The second kappa shape index (κ2) is 6.31. The smallest absolute Gasteiger partial charge is 0.0405 e. The first kappa shape index (κ1) is 14.2. The molecule has 2 nitrogen and oxygen atoms in total. The average Bonchev–Trinajstić information content (AvgIpc) is 2.51. The predicted octanol–water partition coefficient (Wildman–Crippen LogP) is 3.46. The number of benzene rings is 2. The van der Waals surface area contributed by atoms with Crippen molar-refractivity contribution in [2.45, 2.75) is 32.4 Å². The van der Waals surface area contributed by atoms with E-state index in [1.54, 1.807) is 0 Å². The van der Waals surface area contributed by atoms with Crippen molar-refractivity contribution >= 4 is 5.69 Å². The van der Waals surface area contributed by atoms with E-state index in [0.717, 1.165) is 19.5 Å². The van der Waals surface area contributed by atoms with Crippen LogP contribution < -0.4 is 10.2 Å². The van der Waals surface area contributed by atoms with Crippen LogP contribution in [0.3, 0.4) is 0 Å². The summed E-state index contributed by atoms with van der Waals surface area (Å²) >= 11 is 0. The standard InChI is InChI=1S/C19H24N2/c1-15-14-21(16(2)13-20-15)19-11-7-6-10-18(19)12-17-8-4-3-5-9-17/h3-11,15-16,20H,12-14H2,1-2H3. The zero-order valence-corrected chi connectivity index (χ0v) is 12.9. The van der Waals surface area contributed by atoms with Crippen molar-refractivity contribution in [2.24, 2.45) is 0 Å². The first-order chi connectivity index (χ1) is 10.2. The van der Waals surface area contributed by atoms with E-state index >= 15 is 0 Å². The van der Waals surface area contributed by atoms with Gasteiger partial charge < -0.3 is 10.2 Å². The van der Waals surface area contributed by atoms with Crippen LogP contribution in [0.2, 0.25) is 0 Å². The lowest BCUT2D eigenvalue weighted by molar-refractivity contribution is 0.424. The van der Waals surface area contributed by atoms with Gasteiger partial charge in [0.1, 0.15) is 0 Å². The number of piperazine rings is 1. The minimum atomic E-state index is 0.540. The molecule has 0 aromatic heterocycles. The SMILES string of the molecule is CC1CN(c2ccccc2Cc2ccccc2)C(C)CN1. The Balaban J connectivity index is 1.88. The van der Waals surface area contributed by atoms with Crippen molar-refractivity contribution in [1.82, 2.24) is 5.32 Å². The fraction of sp³-hybridized carbons (Fsp3) is 0.368. The lowest BCUT2D eigenvalue weighted by atomic mass is 10.0. The Morgan fingerprint density at radius 2 is 1.71 bits per heavy atom. The Kier molecular flexibility index (Phi) is 4.26. The molecule has 110 valence electrons. The summed E-state index contributed by atoms with van der Waals surface area (Å²) in [7, 11) is 0. The van der Waals surface area contributed by atoms with Crippen LogP contribution in [0.15, 0.2) is 54.6 Å². The molecular weight excluding hydrogens is 256 g/mol. The molecule has 1 aliphatic heterocycles. The highest BCUT2D eigenvalue weighted by Gasteiger charge is 2.23. The van der Waals surface area contributed by atoms with Gasteiger partial charge in [-0.25, -0.2) is 0 Å². The third-order valence-corrected chi connectivity index (χ3v) is 4.30. The molecule has 0 spiro atoms. The molecule has 0 saturated carbocycles. The third-order valence-electron chi connectivity index (χ3n) is 4.30. The third kappa shape index (κ3) is 3.27. The van der Waals surface area contributed by atoms with Gasteiger partial charge in [-0.15, -0.1) is 0 Å². The molecular formula is C19H24N2. The monoisotopic (exact) mass is 280 g/mol. The van der Waals surface area contributed by atoms with Crippen LogP contribution in [0.4, 0.5) is 5.69 Å². The van der Waals surface area contributed by atoms with Gasteiger partial charge in [-0.2, -0.15) is 0 Å². The fourth-order valence-corrected chi connectivity index (χ4v) is 3.11. The molecule has 2 aromatic carbocycles. The maximum Gasteiger partial charge on any atom is 0.0405 e. The number of para-hydroxylation sites is 1. The van der Waals surface area contributed by atoms with E-state index in [1.807, 2.05) is 0 Å². The van der Waals surface area contributed by atoms with Crippen molar-refractivity contribution in [1.29, 1.82) is 0 Å². The summed E-state index contributed by atoms with van der Waals surface area (Å²) in [6.07, 6.45) is 1.00. The second-order valence-corrected chi connectivity index (χ2v) is 6.10. The van der Waals surface area contributed by atoms with Crippen molar-refractivity contribution in [2.75, 3.05) is 18.0 Å². The number of nitrogens with one attached hydrogen (secondary N) is 1. The van der Waals surface area contributed by atoms with Crippen LogP contribution in [0.25, 0.3) is 0 Å². The molecule has 2 aromatic rings. The lowest BCUT2D eigenvalue weighted by Gasteiger charge is -2.40. The molecule has 1 heterocycles. The molecule has 1 fully saturated rings. The molecule has 1 aliphatic rings. The quantitative estimate of drug-likeness (QED) is 0.926. The van der Waals surface area contributed by atoms with Crippen molar-refractivity contribution < 1.29 is 0 Å². The maximum absolute atomic E-state index is 3.56. The number of hydrogen-bond acceptors (Lipinski definition) is 2. The van der Waals surface area contributed by atoms with Gasteiger partial charge in [-0.3, -0.25) is 0 Å². The molecule has 21 heavy (non-hydrogen) atoms. The van der Waals surface area contributed by atoms with E-state index in [9.17, 15) is 0 Å². The zero-order chi connectivity index (χ0) is 14.7. The van der Waals surface area contributed by atoms with E-state index in [0.29, 0.717) is 12.1 Å². The van der Waals surface area contributed by atoms with Gasteiger partial charge in [-0.05, 0) is 37.5 Å². The first-order valence-corrected chi connectivity index (χ1v) is 7.86. The van der Waals surface area contributed by atoms with E-state index in [1.165, 1.54) is 16.8 Å². The number of rotatable bonds is 3. The van der Waals surface area contributed by atoms with Gasteiger partial charge in [0.15, 0.2) is 0 Å². The van der Waals surface area contributed by atoms with Gasteiger partial charge in [0.2, 0.25) is 0 Å². The maximum atomic E-state index is 3.56. The van der Waals surface area contributed by atoms with E-state index in [4.69, 9.17) is 0 Å². The van der Waals surface area contributed by atoms with Crippen LogP contribution in [0, 0.1) is 0 Å². The summed E-state index contributed by atoms with van der Waals surface area (Å²) in [5.74, 6) is 0. The Hall–Kier alpha value is -1.80. The normalized spacial score (nSPS) is 22.3. The molecule has 3 rings (SSSR count). The second-order valence-electron chi connectivity index (χ2n) is 6.10. The summed E-state index contributed by atoms with van der Waals surface area (Å²) in [6.45, 7) is 6.70. The van der Waals surface area contributed by atoms with E-state index in [-0.39, 0.29) is 0 Å². The fourth-order valence-electron chi connectivity index (χ4n) is 3.11. The average molecular weight is 280 g/mol. The largest absolute Gasteiger partial charge is 0.366 e. The summed E-state index contributed by atoms with van der Waals surface area (Å²) in [5.41, 5.74) is 4.19. The minimum Gasteiger partial charge on any atom is -0.366 e. The van der Waals surface area contributed by atoms with Gasteiger partial charge in [0.05, 0.1) is 0 Å². The Morgan fingerprint density at radius 1 is 1.00 bits per heavy atom. The van der Waals surface area contributed by atoms with Gasteiger partial charge in [0, 0.05) is 30.9 Å². The number of anilines is 1. The highest BCUT2D eigenvalue weighted by atomic mass is 15.2. The molecule has 2 unspecified atom stereocenters. The summed E-state index contributed by atoms with van der Waals surface area (Å²) in [6, 6.07) is 20.7. The minimum absolute atomic E-state index is 0.540. The van der Waals surface area contributed by atoms with E-state index < -0.39 is 0 Å². The van der Waals surface area contributed by atoms with Gasteiger partial charge in [-0.1, -0.05) is 48.5 Å². The molecule has 0 radical (unpaired) electrons. The van der Waals surface area contributed by atoms with Crippen LogP contribution in [-0.2, 0) is 6.42 Å². The highest BCUT2D eigenvalue weighted by molar-refractivity contribution is 5.56. The molecule has 0 aliphatic carbocycles. The molecule has 0 amide bonds. The molecule has 2 heteroatoms. The Labute approximate surface area is 127 Å².